The topological polar surface area (TPSA) is 171 Å². The van der Waals surface area contributed by atoms with Crippen molar-refractivity contribution in [3.05, 3.63) is 53.0 Å². The van der Waals surface area contributed by atoms with E-state index in [1.54, 1.807) is 0 Å². The fourth-order valence-electron chi connectivity index (χ4n) is 2.54. The van der Waals surface area contributed by atoms with Gasteiger partial charge in [-0.3, -0.25) is 0 Å². The molecule has 0 aliphatic heterocycles. The number of hydrogen-bond donors (Lipinski definition) is 7. The van der Waals surface area contributed by atoms with Gasteiger partial charge in [-0.05, 0) is 17.7 Å². The van der Waals surface area contributed by atoms with E-state index in [9.17, 15) is 30.1 Å². The van der Waals surface area contributed by atoms with Crippen molar-refractivity contribution in [2.24, 2.45) is 4.76 Å². The lowest BCUT2D eigenvalue weighted by Gasteiger charge is -2.33. The van der Waals surface area contributed by atoms with E-state index >= 15 is 0 Å². The second kappa shape index (κ2) is 6.62. The fraction of sp³-hybridized carbons (Fsp3) is 0.267. The van der Waals surface area contributed by atoms with E-state index in [1.807, 2.05) is 0 Å². The van der Waals surface area contributed by atoms with Gasteiger partial charge in [-0.15, -0.1) is 0 Å². The van der Waals surface area contributed by atoms with Crippen molar-refractivity contribution >= 4 is 13.5 Å². The Labute approximate surface area is 142 Å². The Hall–Kier alpha value is -2.16. The molecule has 0 aromatic heterocycles. The summed E-state index contributed by atoms with van der Waals surface area (Å²) < 4.78 is 14.3. The summed E-state index contributed by atoms with van der Waals surface area (Å²) >= 11 is 0. The molecule has 0 saturated heterocycles. The van der Waals surface area contributed by atoms with E-state index < -0.39 is 48.7 Å². The first-order valence-electron chi connectivity index (χ1n) is 7.13. The summed E-state index contributed by atoms with van der Waals surface area (Å²) in [5.74, 6) is -5.07. The molecule has 1 aliphatic carbocycles. The van der Waals surface area contributed by atoms with Crippen molar-refractivity contribution in [1.29, 1.82) is 0 Å². The second-order valence-electron chi connectivity index (χ2n) is 5.67. The molecular weight excluding hydrogens is 353 g/mol. The molecule has 1 aromatic carbocycles. The van der Waals surface area contributed by atoms with Crippen LogP contribution in [0.5, 0.6) is 5.75 Å². The molecular formula is C15H18NO8P. The van der Waals surface area contributed by atoms with Gasteiger partial charge in [0.15, 0.2) is 0 Å². The monoisotopic (exact) mass is 371 g/mol. The molecule has 1 atom stereocenters. The zero-order valence-electron chi connectivity index (χ0n) is 13.1. The number of phenols is 1. The Morgan fingerprint density at radius 2 is 1.68 bits per heavy atom. The van der Waals surface area contributed by atoms with Crippen LogP contribution in [0.1, 0.15) is 24.8 Å². The van der Waals surface area contributed by atoms with Gasteiger partial charge in [-0.2, -0.15) is 4.76 Å². The molecule has 0 bridgehead atoms. The molecule has 9 nitrogen and oxygen atoms in total. The lowest BCUT2D eigenvalue weighted by Crippen LogP contribution is -2.41. The highest BCUT2D eigenvalue weighted by Crippen LogP contribution is 2.42. The molecule has 0 heterocycles. The molecule has 1 unspecified atom stereocenters. The van der Waals surface area contributed by atoms with Crippen molar-refractivity contribution in [3.8, 4) is 5.75 Å². The molecule has 25 heavy (non-hydrogen) atoms. The highest BCUT2D eigenvalue weighted by atomic mass is 31.2. The number of rotatable bonds is 4. The zero-order chi connectivity index (χ0) is 19.0. The fourth-order valence-corrected chi connectivity index (χ4v) is 3.03. The minimum Gasteiger partial charge on any atom is -0.512 e. The maximum Gasteiger partial charge on any atom is 0.448 e. The normalized spacial score (nSPS) is 19.1. The quantitative estimate of drug-likeness (QED) is 0.307. The van der Waals surface area contributed by atoms with Crippen LogP contribution in [0.3, 0.4) is 0 Å². The van der Waals surface area contributed by atoms with Gasteiger partial charge in [0.2, 0.25) is 5.79 Å². The largest absolute Gasteiger partial charge is 0.512 e. The number of aromatic hydroxyl groups is 1. The molecule has 1 aliphatic rings. The molecule has 0 fully saturated rings. The number of aliphatic hydroxyl groups excluding tert-OH is 2. The number of aliphatic hydroxyl groups is 4. The number of phenolic OH excluding ortho intramolecular Hbond substituents is 1. The molecule has 10 heteroatoms. The Kier molecular flexibility index (Phi) is 5.08. The smallest absolute Gasteiger partial charge is 0.448 e. The third-order valence-corrected chi connectivity index (χ3v) is 4.31. The summed E-state index contributed by atoms with van der Waals surface area (Å²) in [5.41, 5.74) is -0.784. The number of allylic oxidation sites excluding steroid dienone is 2. The minimum absolute atomic E-state index is 0.0336. The van der Waals surface area contributed by atoms with Crippen LogP contribution in [0, 0.1) is 0 Å². The maximum atomic E-state index is 11.2. The standard InChI is InChI=1S/C15H18NO8P/c1-8(9-2-4-10(17)5-3-9)15(20,21)14-12(16-25(22,23)24)6-11(18)7-13(14)19/h2-5,7-8,17-21H,6H2,1H3,(H2,22,23,24). The Bertz CT molecular complexity index is 803. The SMILES string of the molecule is CC(c1ccc(O)cc1)C(O)(O)C1=C(O)C=C(O)CC1=NP(=O)(O)O. The van der Waals surface area contributed by atoms with Gasteiger partial charge in [-0.1, -0.05) is 19.1 Å². The summed E-state index contributed by atoms with van der Waals surface area (Å²) in [6, 6.07) is 5.50. The molecule has 0 spiro atoms. The molecule has 0 radical (unpaired) electrons. The summed E-state index contributed by atoms with van der Waals surface area (Å²) in [4.78, 5) is 18.1. The first-order chi connectivity index (χ1) is 11.4. The van der Waals surface area contributed by atoms with E-state index in [2.05, 4.69) is 4.76 Å². The van der Waals surface area contributed by atoms with E-state index in [4.69, 9.17) is 9.79 Å². The maximum absolute atomic E-state index is 11.2. The average Bonchev–Trinajstić information content (AvgIpc) is 2.44. The van der Waals surface area contributed by atoms with Gasteiger partial charge in [0.05, 0.1) is 11.3 Å². The highest BCUT2D eigenvalue weighted by Gasteiger charge is 2.43. The first-order valence-corrected chi connectivity index (χ1v) is 8.70. The molecule has 7 N–H and O–H groups in total. The number of benzene rings is 1. The minimum atomic E-state index is -4.95. The van der Waals surface area contributed by atoms with Crippen LogP contribution in [0.25, 0.3) is 0 Å². The van der Waals surface area contributed by atoms with Crippen molar-refractivity contribution in [2.45, 2.75) is 25.0 Å². The van der Waals surface area contributed by atoms with Crippen LogP contribution in [0.2, 0.25) is 0 Å². The summed E-state index contributed by atoms with van der Waals surface area (Å²) in [6.07, 6.45) is 0.356. The van der Waals surface area contributed by atoms with E-state index in [0.29, 0.717) is 5.56 Å². The molecule has 2 rings (SSSR count). The Morgan fingerprint density at radius 3 is 2.20 bits per heavy atom. The Morgan fingerprint density at radius 1 is 1.12 bits per heavy atom. The predicted molar refractivity (Wildman–Crippen MR) is 88.2 cm³/mol. The number of nitrogens with zero attached hydrogens (tertiary/aromatic N) is 1. The van der Waals surface area contributed by atoms with Gasteiger partial charge in [0, 0.05) is 18.4 Å². The van der Waals surface area contributed by atoms with Crippen LogP contribution in [0.15, 0.2) is 52.2 Å². The van der Waals surface area contributed by atoms with E-state index in [1.165, 1.54) is 31.2 Å². The third kappa shape index (κ3) is 4.28. The molecule has 0 amide bonds. The van der Waals surface area contributed by atoms with Crippen molar-refractivity contribution in [1.82, 2.24) is 0 Å². The van der Waals surface area contributed by atoms with Gasteiger partial charge in [0.25, 0.3) is 0 Å². The van der Waals surface area contributed by atoms with Gasteiger partial charge in [-0.25, -0.2) is 4.57 Å². The van der Waals surface area contributed by atoms with Crippen LogP contribution in [0.4, 0.5) is 0 Å². The van der Waals surface area contributed by atoms with Crippen LogP contribution >= 0.6 is 7.75 Å². The molecule has 1 aromatic rings. The van der Waals surface area contributed by atoms with Crippen molar-refractivity contribution in [3.63, 3.8) is 0 Å². The lowest BCUT2D eigenvalue weighted by atomic mass is 9.82. The Balaban J connectivity index is 2.56. The van der Waals surface area contributed by atoms with Crippen molar-refractivity contribution < 1.29 is 39.9 Å². The highest BCUT2D eigenvalue weighted by molar-refractivity contribution is 7.50. The van der Waals surface area contributed by atoms with Gasteiger partial charge in [0.1, 0.15) is 17.3 Å². The van der Waals surface area contributed by atoms with Crippen molar-refractivity contribution in [2.75, 3.05) is 0 Å². The molecule has 0 saturated carbocycles. The van der Waals surface area contributed by atoms with Crippen LogP contribution < -0.4 is 0 Å². The summed E-state index contributed by atoms with van der Waals surface area (Å²) in [5, 5.41) is 50.1. The van der Waals surface area contributed by atoms with Crippen LogP contribution in [-0.2, 0) is 4.57 Å². The lowest BCUT2D eigenvalue weighted by molar-refractivity contribution is -0.140. The van der Waals surface area contributed by atoms with Crippen LogP contribution in [-0.4, -0.2) is 46.8 Å². The third-order valence-electron chi connectivity index (χ3n) is 3.81. The summed E-state index contributed by atoms with van der Waals surface area (Å²) in [6.45, 7) is 1.40. The number of hydrogen-bond acceptors (Lipinski definition) is 6. The zero-order valence-corrected chi connectivity index (χ0v) is 14.0. The second-order valence-corrected chi connectivity index (χ2v) is 6.90. The van der Waals surface area contributed by atoms with Gasteiger partial charge >= 0.3 is 7.75 Å². The first kappa shape index (κ1) is 19.2. The molecule has 136 valence electrons. The van der Waals surface area contributed by atoms with E-state index in [-0.39, 0.29) is 5.75 Å². The summed E-state index contributed by atoms with van der Waals surface area (Å²) in [7, 11) is -4.95. The van der Waals surface area contributed by atoms with E-state index in [0.717, 1.165) is 6.08 Å². The van der Waals surface area contributed by atoms with Gasteiger partial charge < -0.3 is 35.3 Å². The average molecular weight is 371 g/mol. The predicted octanol–water partition coefficient (Wildman–Crippen LogP) is 1.37.